The van der Waals surface area contributed by atoms with E-state index in [1.807, 2.05) is 0 Å². The molecule has 142 valence electrons. The van der Waals surface area contributed by atoms with Gasteiger partial charge in [0, 0.05) is 18.6 Å². The number of benzene rings is 2. The summed E-state index contributed by atoms with van der Waals surface area (Å²) in [5.74, 6) is -0.790. The number of rotatable bonds is 5. The number of hydrogen-bond donors (Lipinski definition) is 0. The first-order chi connectivity index (χ1) is 13.4. The van der Waals surface area contributed by atoms with Gasteiger partial charge in [-0.3, -0.25) is 14.9 Å². The lowest BCUT2D eigenvalue weighted by molar-refractivity contribution is -0.384. The Hall–Kier alpha value is -3.52. The lowest BCUT2D eigenvalue weighted by Gasteiger charge is -2.02. The normalized spacial score (nSPS) is 14.6. The van der Waals surface area contributed by atoms with Crippen LogP contribution in [0, 0.1) is 10.1 Å². The summed E-state index contributed by atoms with van der Waals surface area (Å²) in [5.41, 5.74) is 0.580. The lowest BCUT2D eigenvalue weighted by atomic mass is 10.2. The Morgan fingerprint density at radius 3 is 2.64 bits per heavy atom. The summed E-state index contributed by atoms with van der Waals surface area (Å²) in [5, 5.41) is 11.1. The molecule has 1 aliphatic rings. The third-order valence-electron chi connectivity index (χ3n) is 3.72. The Bertz CT molecular complexity index is 1030. The number of nitro benzene ring substituents is 1. The van der Waals surface area contributed by atoms with Gasteiger partial charge in [-0.1, -0.05) is 30.7 Å². The van der Waals surface area contributed by atoms with Crippen LogP contribution in [0.3, 0.4) is 0 Å². The van der Waals surface area contributed by atoms with Crippen molar-refractivity contribution in [3.8, 4) is 5.75 Å². The van der Waals surface area contributed by atoms with Crippen LogP contribution in [0.2, 0.25) is 5.02 Å². The second-order valence-corrected chi connectivity index (χ2v) is 6.06. The number of aliphatic imine (C=N–C) groups is 1. The fourth-order valence-electron chi connectivity index (χ4n) is 2.31. The van der Waals surface area contributed by atoms with E-state index in [-0.39, 0.29) is 40.3 Å². The van der Waals surface area contributed by atoms with Gasteiger partial charge in [0.1, 0.15) is 5.75 Å². The molecule has 8 nitrogen and oxygen atoms in total. The van der Waals surface area contributed by atoms with Crippen LogP contribution in [0.4, 0.5) is 5.69 Å². The number of cyclic esters (lactones) is 1. The SMILES string of the molecule is CCC(=O)Oc1ccc(C=C2N=C(c3cc([N+](=O)[O-])ccc3Cl)OC2=O)cc1. The summed E-state index contributed by atoms with van der Waals surface area (Å²) in [4.78, 5) is 37.8. The van der Waals surface area contributed by atoms with Crippen molar-refractivity contribution in [2.45, 2.75) is 13.3 Å². The molecule has 0 N–H and O–H groups in total. The van der Waals surface area contributed by atoms with Gasteiger partial charge in [0.15, 0.2) is 5.70 Å². The van der Waals surface area contributed by atoms with Gasteiger partial charge < -0.3 is 9.47 Å². The number of carbonyl (C=O) groups is 2. The zero-order chi connectivity index (χ0) is 20.3. The van der Waals surface area contributed by atoms with Crippen LogP contribution in [0.25, 0.3) is 6.08 Å². The molecule has 9 heteroatoms. The molecule has 0 unspecified atom stereocenters. The van der Waals surface area contributed by atoms with Crippen LogP contribution < -0.4 is 4.74 Å². The summed E-state index contributed by atoms with van der Waals surface area (Å²) in [6.45, 7) is 1.69. The minimum absolute atomic E-state index is 0.0101. The van der Waals surface area contributed by atoms with Gasteiger partial charge in [-0.15, -0.1) is 0 Å². The molecule has 3 rings (SSSR count). The Morgan fingerprint density at radius 1 is 1.29 bits per heavy atom. The number of non-ortho nitro benzene ring substituents is 1. The van der Waals surface area contributed by atoms with E-state index in [0.29, 0.717) is 11.3 Å². The highest BCUT2D eigenvalue weighted by atomic mass is 35.5. The summed E-state index contributed by atoms with van der Waals surface area (Å²) < 4.78 is 10.2. The molecule has 0 saturated heterocycles. The van der Waals surface area contributed by atoms with Crippen molar-refractivity contribution in [1.29, 1.82) is 0 Å². The van der Waals surface area contributed by atoms with E-state index in [2.05, 4.69) is 4.99 Å². The average molecular weight is 401 g/mol. The molecule has 1 aliphatic heterocycles. The average Bonchev–Trinajstić information content (AvgIpc) is 3.03. The van der Waals surface area contributed by atoms with Crippen molar-refractivity contribution in [1.82, 2.24) is 0 Å². The number of nitro groups is 1. The summed E-state index contributed by atoms with van der Waals surface area (Å²) in [6, 6.07) is 10.2. The quantitative estimate of drug-likeness (QED) is 0.247. The second-order valence-electron chi connectivity index (χ2n) is 5.65. The fraction of sp³-hybridized carbons (Fsp3) is 0.105. The van der Waals surface area contributed by atoms with Crippen molar-refractivity contribution in [3.63, 3.8) is 0 Å². The third kappa shape index (κ3) is 4.24. The van der Waals surface area contributed by atoms with E-state index in [0.717, 1.165) is 0 Å². The van der Waals surface area contributed by atoms with E-state index in [1.165, 1.54) is 24.3 Å². The zero-order valence-corrected chi connectivity index (χ0v) is 15.3. The van der Waals surface area contributed by atoms with E-state index in [4.69, 9.17) is 21.1 Å². The molecule has 0 fully saturated rings. The second kappa shape index (κ2) is 8.01. The first kappa shape index (κ1) is 19.2. The monoisotopic (exact) mass is 400 g/mol. The van der Waals surface area contributed by atoms with E-state index < -0.39 is 10.9 Å². The number of hydrogen-bond acceptors (Lipinski definition) is 7. The van der Waals surface area contributed by atoms with Gasteiger partial charge in [-0.05, 0) is 29.8 Å². The van der Waals surface area contributed by atoms with Crippen LogP contribution in [-0.4, -0.2) is 22.8 Å². The van der Waals surface area contributed by atoms with Gasteiger partial charge in [0.2, 0.25) is 5.90 Å². The maximum Gasteiger partial charge on any atom is 0.363 e. The Morgan fingerprint density at radius 2 is 2.00 bits per heavy atom. The Kier molecular flexibility index (Phi) is 5.51. The number of halogens is 1. The van der Waals surface area contributed by atoms with E-state index >= 15 is 0 Å². The number of carbonyl (C=O) groups excluding carboxylic acids is 2. The molecule has 0 spiro atoms. The topological polar surface area (TPSA) is 108 Å². The minimum Gasteiger partial charge on any atom is -0.427 e. The standard InChI is InChI=1S/C19H13ClN2O6/c1-2-17(23)27-13-6-3-11(4-7-13)9-16-19(24)28-18(21-16)14-10-12(22(25)26)5-8-15(14)20/h3-10H,2H2,1H3. The van der Waals surface area contributed by atoms with Crippen molar-refractivity contribution in [3.05, 3.63) is 74.4 Å². The van der Waals surface area contributed by atoms with Crippen LogP contribution in [0.15, 0.2) is 53.2 Å². The number of nitrogens with zero attached hydrogens (tertiary/aromatic N) is 2. The highest BCUT2D eigenvalue weighted by molar-refractivity contribution is 6.34. The molecular weight excluding hydrogens is 388 g/mol. The van der Waals surface area contributed by atoms with Crippen molar-refractivity contribution in [2.75, 3.05) is 0 Å². The zero-order valence-electron chi connectivity index (χ0n) is 14.5. The minimum atomic E-state index is -0.709. The smallest absolute Gasteiger partial charge is 0.363 e. The van der Waals surface area contributed by atoms with Crippen LogP contribution in [0.5, 0.6) is 5.75 Å². The number of esters is 2. The molecule has 0 amide bonds. The molecular formula is C19H13ClN2O6. The van der Waals surface area contributed by atoms with Gasteiger partial charge in [0.25, 0.3) is 5.69 Å². The molecule has 28 heavy (non-hydrogen) atoms. The molecule has 0 saturated carbocycles. The molecule has 0 radical (unpaired) electrons. The Balaban J connectivity index is 1.87. The molecule has 0 aromatic heterocycles. The predicted octanol–water partition coefficient (Wildman–Crippen LogP) is 3.91. The van der Waals surface area contributed by atoms with Gasteiger partial charge in [-0.2, -0.15) is 0 Å². The third-order valence-corrected chi connectivity index (χ3v) is 4.05. The molecule has 0 bridgehead atoms. The summed E-state index contributed by atoms with van der Waals surface area (Å²) >= 11 is 6.05. The van der Waals surface area contributed by atoms with Crippen LogP contribution >= 0.6 is 11.6 Å². The molecule has 2 aromatic rings. The molecule has 0 atom stereocenters. The lowest BCUT2D eigenvalue weighted by Crippen LogP contribution is -2.06. The number of ether oxygens (including phenoxy) is 2. The molecule has 2 aromatic carbocycles. The van der Waals surface area contributed by atoms with Gasteiger partial charge in [-0.25, -0.2) is 9.79 Å². The van der Waals surface area contributed by atoms with Crippen molar-refractivity contribution in [2.24, 2.45) is 4.99 Å². The van der Waals surface area contributed by atoms with Crippen molar-refractivity contribution >= 4 is 41.2 Å². The summed E-state index contributed by atoms with van der Waals surface area (Å²) in [7, 11) is 0. The molecule has 1 heterocycles. The first-order valence-electron chi connectivity index (χ1n) is 8.15. The maximum absolute atomic E-state index is 12.1. The van der Waals surface area contributed by atoms with Gasteiger partial charge >= 0.3 is 11.9 Å². The largest absolute Gasteiger partial charge is 0.427 e. The highest BCUT2D eigenvalue weighted by Crippen LogP contribution is 2.27. The Labute approximate surface area is 164 Å². The summed E-state index contributed by atoms with van der Waals surface area (Å²) in [6.07, 6.45) is 1.74. The van der Waals surface area contributed by atoms with Crippen LogP contribution in [0.1, 0.15) is 24.5 Å². The first-order valence-corrected chi connectivity index (χ1v) is 8.53. The van der Waals surface area contributed by atoms with E-state index in [9.17, 15) is 19.7 Å². The predicted molar refractivity (Wildman–Crippen MR) is 101 cm³/mol. The molecule has 0 aliphatic carbocycles. The van der Waals surface area contributed by atoms with Crippen molar-refractivity contribution < 1.29 is 24.0 Å². The maximum atomic E-state index is 12.1. The van der Waals surface area contributed by atoms with Gasteiger partial charge in [0.05, 0.1) is 15.5 Å². The fourth-order valence-corrected chi connectivity index (χ4v) is 2.51. The van der Waals surface area contributed by atoms with Crippen LogP contribution in [-0.2, 0) is 14.3 Å². The van der Waals surface area contributed by atoms with E-state index in [1.54, 1.807) is 31.2 Å². The highest BCUT2D eigenvalue weighted by Gasteiger charge is 2.27.